The zero-order valence-electron chi connectivity index (χ0n) is 10.1. The van der Waals surface area contributed by atoms with Crippen molar-refractivity contribution in [3.05, 3.63) is 64.3 Å². The number of rotatable bonds is 2. The summed E-state index contributed by atoms with van der Waals surface area (Å²) in [6.07, 6.45) is 5.85. The van der Waals surface area contributed by atoms with E-state index in [4.69, 9.17) is 0 Å². The van der Waals surface area contributed by atoms with Crippen molar-refractivity contribution in [3.63, 3.8) is 0 Å². The third kappa shape index (κ3) is 1.93. The number of aromatic amines is 1. The summed E-state index contributed by atoms with van der Waals surface area (Å²) in [7, 11) is 0. The molecule has 90 valence electrons. The number of fused-ring (bicyclic) bond motifs is 1. The molecule has 0 bridgehead atoms. The number of nitrogens with one attached hydrogen (secondary N) is 1. The second kappa shape index (κ2) is 4.14. The van der Waals surface area contributed by atoms with E-state index in [2.05, 4.69) is 14.5 Å². The smallest absolute Gasteiger partial charge is 0.251 e. The molecule has 1 N–H and O–H groups in total. The lowest BCUT2D eigenvalue weighted by Crippen LogP contribution is -2.09. The van der Waals surface area contributed by atoms with Gasteiger partial charge in [0.05, 0.1) is 11.0 Å². The predicted molar refractivity (Wildman–Crippen MR) is 70.6 cm³/mol. The van der Waals surface area contributed by atoms with Crippen LogP contribution in [0.25, 0.3) is 11.0 Å². The highest BCUT2D eigenvalue weighted by Crippen LogP contribution is 2.11. The van der Waals surface area contributed by atoms with Gasteiger partial charge < -0.3 is 9.55 Å². The third-order valence-corrected chi connectivity index (χ3v) is 2.97. The Bertz CT molecular complexity index is 741. The van der Waals surface area contributed by atoms with Gasteiger partial charge in [-0.05, 0) is 36.8 Å². The molecule has 0 aromatic carbocycles. The van der Waals surface area contributed by atoms with Gasteiger partial charge in [0.2, 0.25) is 0 Å². The summed E-state index contributed by atoms with van der Waals surface area (Å²) in [6.45, 7) is 2.54. The average molecular weight is 239 g/mol. The Morgan fingerprint density at radius 2 is 2.06 bits per heavy atom. The number of H-pyrrole nitrogens is 1. The molecule has 0 radical (unpaired) electrons. The minimum atomic E-state index is -0.0533. The largest absolute Gasteiger partial charge is 0.350 e. The minimum absolute atomic E-state index is 0.0533. The molecule has 0 spiro atoms. The maximum absolute atomic E-state index is 11.6. The Morgan fingerprint density at radius 1 is 1.28 bits per heavy atom. The van der Waals surface area contributed by atoms with Crippen LogP contribution in [-0.4, -0.2) is 14.5 Å². The predicted octanol–water partition coefficient (Wildman–Crippen LogP) is 2.08. The van der Waals surface area contributed by atoms with Crippen LogP contribution < -0.4 is 5.56 Å². The first-order chi connectivity index (χ1) is 8.72. The number of hydrogen-bond donors (Lipinski definition) is 1. The Kier molecular flexibility index (Phi) is 2.48. The summed E-state index contributed by atoms with van der Waals surface area (Å²) in [5, 5.41) is 0. The fourth-order valence-electron chi connectivity index (χ4n) is 2.00. The van der Waals surface area contributed by atoms with E-state index in [-0.39, 0.29) is 5.56 Å². The van der Waals surface area contributed by atoms with Crippen molar-refractivity contribution in [1.82, 2.24) is 14.5 Å². The molecule has 0 amide bonds. The van der Waals surface area contributed by atoms with Gasteiger partial charge in [-0.1, -0.05) is 0 Å². The van der Waals surface area contributed by atoms with Crippen molar-refractivity contribution in [2.45, 2.75) is 13.5 Å². The van der Waals surface area contributed by atoms with E-state index in [1.807, 2.05) is 42.9 Å². The van der Waals surface area contributed by atoms with Gasteiger partial charge in [0.25, 0.3) is 5.56 Å². The van der Waals surface area contributed by atoms with Crippen molar-refractivity contribution in [2.75, 3.05) is 0 Å². The summed E-state index contributed by atoms with van der Waals surface area (Å²) < 4.78 is 2.06. The summed E-state index contributed by atoms with van der Waals surface area (Å²) in [4.78, 5) is 18.8. The fraction of sp³-hybridized carbons (Fsp3) is 0.143. The van der Waals surface area contributed by atoms with Crippen molar-refractivity contribution in [2.24, 2.45) is 0 Å². The molecular formula is C14H13N3O. The van der Waals surface area contributed by atoms with Crippen molar-refractivity contribution in [1.29, 1.82) is 0 Å². The van der Waals surface area contributed by atoms with E-state index >= 15 is 0 Å². The topological polar surface area (TPSA) is 50.7 Å². The van der Waals surface area contributed by atoms with Crippen LogP contribution in [0.5, 0.6) is 0 Å². The lowest BCUT2D eigenvalue weighted by Gasteiger charge is -2.05. The lowest BCUT2D eigenvalue weighted by atomic mass is 10.2. The first-order valence-corrected chi connectivity index (χ1v) is 5.82. The van der Waals surface area contributed by atoms with Crippen LogP contribution in [0.15, 0.2) is 47.7 Å². The summed E-state index contributed by atoms with van der Waals surface area (Å²) in [5.41, 5.74) is 3.31. The summed E-state index contributed by atoms with van der Waals surface area (Å²) in [5.74, 6) is 0. The standard InChI is InChI=1S/C14H13N3O/c1-10-6-12-13(16-14(10)18)7-11(8-15-12)9-17-4-2-3-5-17/h2-8H,9H2,1H3,(H,16,18). The molecule has 3 aromatic rings. The molecule has 18 heavy (non-hydrogen) atoms. The van der Waals surface area contributed by atoms with Crippen molar-refractivity contribution < 1.29 is 0 Å². The molecule has 0 aliphatic rings. The maximum atomic E-state index is 11.6. The minimum Gasteiger partial charge on any atom is -0.350 e. The molecular weight excluding hydrogens is 226 g/mol. The number of pyridine rings is 2. The molecule has 0 saturated heterocycles. The van der Waals surface area contributed by atoms with Gasteiger partial charge in [-0.15, -0.1) is 0 Å². The van der Waals surface area contributed by atoms with E-state index < -0.39 is 0 Å². The first kappa shape index (κ1) is 10.8. The maximum Gasteiger partial charge on any atom is 0.251 e. The van der Waals surface area contributed by atoms with E-state index in [1.54, 1.807) is 6.92 Å². The highest BCUT2D eigenvalue weighted by atomic mass is 16.1. The molecule has 4 nitrogen and oxygen atoms in total. The monoisotopic (exact) mass is 239 g/mol. The Labute approximate surface area is 104 Å². The SMILES string of the molecule is Cc1cc2ncc(Cn3cccc3)cc2[nH]c1=O. The fourth-order valence-corrected chi connectivity index (χ4v) is 2.00. The van der Waals surface area contributed by atoms with Crippen LogP contribution in [0.1, 0.15) is 11.1 Å². The van der Waals surface area contributed by atoms with Crippen LogP contribution >= 0.6 is 0 Å². The van der Waals surface area contributed by atoms with Crippen molar-refractivity contribution in [3.8, 4) is 0 Å². The van der Waals surface area contributed by atoms with Gasteiger partial charge in [0, 0.05) is 30.7 Å². The molecule has 3 aromatic heterocycles. The van der Waals surface area contributed by atoms with E-state index in [0.29, 0.717) is 5.56 Å². The Hall–Kier alpha value is -2.36. The van der Waals surface area contributed by atoms with Gasteiger partial charge in [-0.25, -0.2) is 0 Å². The van der Waals surface area contributed by atoms with Crippen molar-refractivity contribution >= 4 is 11.0 Å². The summed E-state index contributed by atoms with van der Waals surface area (Å²) in [6, 6.07) is 7.76. The number of nitrogens with zero attached hydrogens (tertiary/aromatic N) is 2. The quantitative estimate of drug-likeness (QED) is 0.744. The molecule has 3 rings (SSSR count). The highest BCUT2D eigenvalue weighted by Gasteiger charge is 2.02. The molecule has 4 heteroatoms. The second-order valence-electron chi connectivity index (χ2n) is 4.41. The van der Waals surface area contributed by atoms with Crippen LogP contribution in [0.3, 0.4) is 0 Å². The lowest BCUT2D eigenvalue weighted by molar-refractivity contribution is 0.803. The number of aromatic nitrogens is 3. The molecule has 0 aliphatic heterocycles. The second-order valence-corrected chi connectivity index (χ2v) is 4.41. The van der Waals surface area contributed by atoms with Gasteiger partial charge in [0.15, 0.2) is 0 Å². The highest BCUT2D eigenvalue weighted by molar-refractivity contribution is 5.74. The van der Waals surface area contributed by atoms with E-state index in [0.717, 1.165) is 23.1 Å². The van der Waals surface area contributed by atoms with E-state index in [1.165, 1.54) is 0 Å². The Balaban J connectivity index is 2.05. The van der Waals surface area contributed by atoms with E-state index in [9.17, 15) is 4.79 Å². The average Bonchev–Trinajstić information content (AvgIpc) is 2.84. The number of hydrogen-bond acceptors (Lipinski definition) is 2. The normalized spacial score (nSPS) is 10.9. The zero-order valence-corrected chi connectivity index (χ0v) is 10.1. The molecule has 0 unspecified atom stereocenters. The van der Waals surface area contributed by atoms with Crippen LogP contribution in [-0.2, 0) is 6.54 Å². The van der Waals surface area contributed by atoms with Crippen LogP contribution in [0.2, 0.25) is 0 Å². The van der Waals surface area contributed by atoms with Crippen LogP contribution in [0, 0.1) is 6.92 Å². The third-order valence-electron chi connectivity index (χ3n) is 2.97. The molecule has 0 saturated carbocycles. The van der Waals surface area contributed by atoms with Gasteiger partial charge in [0.1, 0.15) is 0 Å². The zero-order chi connectivity index (χ0) is 12.5. The molecule has 3 heterocycles. The summed E-state index contributed by atoms with van der Waals surface area (Å²) >= 11 is 0. The first-order valence-electron chi connectivity index (χ1n) is 5.82. The van der Waals surface area contributed by atoms with Crippen LogP contribution in [0.4, 0.5) is 0 Å². The van der Waals surface area contributed by atoms with Gasteiger partial charge in [-0.2, -0.15) is 0 Å². The van der Waals surface area contributed by atoms with Gasteiger partial charge in [-0.3, -0.25) is 9.78 Å². The van der Waals surface area contributed by atoms with Gasteiger partial charge >= 0.3 is 0 Å². The Morgan fingerprint density at radius 3 is 2.83 bits per heavy atom. The number of aryl methyl sites for hydroxylation is 1. The molecule has 0 atom stereocenters. The molecule has 0 aliphatic carbocycles. The molecule has 0 fully saturated rings.